The summed E-state index contributed by atoms with van der Waals surface area (Å²) in [4.78, 5) is 21.2. The standard InChI is InChI=1S/C12H14N2O6S/c15-12(16)11(8-5-6-8)13-21(19,20)7-9-3-1-2-4-10(9)14(17)18/h1-4,8,11,13H,5-7H2,(H,15,16). The molecule has 0 radical (unpaired) electrons. The van der Waals surface area contributed by atoms with Gasteiger partial charge in [-0.15, -0.1) is 0 Å². The number of hydrogen-bond acceptors (Lipinski definition) is 5. The van der Waals surface area contributed by atoms with Crippen LogP contribution in [0, 0.1) is 16.0 Å². The lowest BCUT2D eigenvalue weighted by Gasteiger charge is -2.13. The number of carbonyl (C=O) groups is 1. The van der Waals surface area contributed by atoms with E-state index in [-0.39, 0.29) is 17.2 Å². The Kier molecular flexibility index (Phi) is 4.24. The summed E-state index contributed by atoms with van der Waals surface area (Å²) in [7, 11) is -3.98. The summed E-state index contributed by atoms with van der Waals surface area (Å²) in [6, 6.07) is 4.31. The highest BCUT2D eigenvalue weighted by molar-refractivity contribution is 7.88. The number of carboxylic acid groups (broad SMARTS) is 1. The predicted molar refractivity (Wildman–Crippen MR) is 73.0 cm³/mol. The van der Waals surface area contributed by atoms with Gasteiger partial charge in [-0.25, -0.2) is 13.1 Å². The SMILES string of the molecule is O=C(O)C(NS(=O)(=O)Cc1ccccc1[N+](=O)[O-])C1CC1. The molecule has 1 aliphatic carbocycles. The number of benzene rings is 1. The van der Waals surface area contributed by atoms with Gasteiger partial charge in [-0.1, -0.05) is 18.2 Å². The lowest BCUT2D eigenvalue weighted by atomic mass is 10.2. The van der Waals surface area contributed by atoms with Gasteiger partial charge in [0.15, 0.2) is 0 Å². The molecule has 9 heteroatoms. The third-order valence-corrected chi connectivity index (χ3v) is 4.50. The van der Waals surface area contributed by atoms with Crippen molar-refractivity contribution in [1.29, 1.82) is 0 Å². The van der Waals surface area contributed by atoms with E-state index in [9.17, 15) is 23.3 Å². The second-order valence-electron chi connectivity index (χ2n) is 4.92. The molecule has 1 aromatic carbocycles. The van der Waals surface area contributed by atoms with Crippen LogP contribution in [0.2, 0.25) is 0 Å². The minimum Gasteiger partial charge on any atom is -0.480 e. The Bertz CT molecular complexity index is 668. The first kappa shape index (κ1) is 15.4. The number of rotatable bonds is 7. The maximum Gasteiger partial charge on any atom is 0.322 e. The largest absolute Gasteiger partial charge is 0.480 e. The number of carboxylic acids is 1. The van der Waals surface area contributed by atoms with Crippen LogP contribution in [0.25, 0.3) is 0 Å². The molecule has 0 bridgehead atoms. The quantitative estimate of drug-likeness (QED) is 0.568. The Balaban J connectivity index is 2.18. The summed E-state index contributed by atoms with van der Waals surface area (Å²) < 4.78 is 26.2. The summed E-state index contributed by atoms with van der Waals surface area (Å²) in [6.07, 6.45) is 1.32. The van der Waals surface area contributed by atoms with Crippen LogP contribution in [-0.4, -0.2) is 30.5 Å². The van der Waals surface area contributed by atoms with E-state index in [1.807, 2.05) is 0 Å². The van der Waals surface area contributed by atoms with Crippen molar-refractivity contribution in [3.63, 3.8) is 0 Å². The van der Waals surface area contributed by atoms with Gasteiger partial charge in [-0.05, 0) is 18.8 Å². The molecule has 0 aromatic heterocycles. The number of nitrogens with one attached hydrogen (secondary N) is 1. The number of nitrogens with zero attached hydrogens (tertiary/aromatic N) is 1. The van der Waals surface area contributed by atoms with Crippen molar-refractivity contribution in [1.82, 2.24) is 4.72 Å². The van der Waals surface area contributed by atoms with E-state index >= 15 is 0 Å². The Labute approximate surface area is 121 Å². The number of hydrogen-bond donors (Lipinski definition) is 2. The van der Waals surface area contributed by atoms with Gasteiger partial charge < -0.3 is 5.11 Å². The molecule has 2 rings (SSSR count). The normalized spacial score (nSPS) is 16.4. The van der Waals surface area contributed by atoms with Crippen LogP contribution in [0.5, 0.6) is 0 Å². The molecule has 8 nitrogen and oxygen atoms in total. The maximum atomic E-state index is 12.0. The Morgan fingerprint density at radius 3 is 2.57 bits per heavy atom. The summed E-state index contributed by atoms with van der Waals surface area (Å²) >= 11 is 0. The second-order valence-corrected chi connectivity index (χ2v) is 6.67. The van der Waals surface area contributed by atoms with E-state index in [4.69, 9.17) is 5.11 Å². The fourth-order valence-corrected chi connectivity index (χ4v) is 3.45. The van der Waals surface area contributed by atoms with E-state index in [2.05, 4.69) is 4.72 Å². The summed E-state index contributed by atoms with van der Waals surface area (Å²) in [6.45, 7) is 0. The molecular formula is C12H14N2O6S. The summed E-state index contributed by atoms with van der Waals surface area (Å²) in [5.74, 6) is -2.06. The van der Waals surface area contributed by atoms with E-state index in [0.717, 1.165) is 0 Å². The first-order valence-electron chi connectivity index (χ1n) is 6.25. The first-order valence-corrected chi connectivity index (χ1v) is 7.90. The van der Waals surface area contributed by atoms with Gasteiger partial charge in [0.05, 0.1) is 10.7 Å². The Hall–Kier alpha value is -2.00. The van der Waals surface area contributed by atoms with E-state index < -0.39 is 32.7 Å². The number of nitro groups is 1. The molecule has 21 heavy (non-hydrogen) atoms. The topological polar surface area (TPSA) is 127 Å². The van der Waals surface area contributed by atoms with Gasteiger partial charge in [0.1, 0.15) is 6.04 Å². The molecule has 1 aromatic rings. The van der Waals surface area contributed by atoms with Crippen molar-refractivity contribution in [3.05, 3.63) is 39.9 Å². The van der Waals surface area contributed by atoms with Crippen LogP contribution in [-0.2, 0) is 20.6 Å². The third-order valence-electron chi connectivity index (χ3n) is 3.20. The lowest BCUT2D eigenvalue weighted by molar-refractivity contribution is -0.385. The smallest absolute Gasteiger partial charge is 0.322 e. The number of nitro benzene ring substituents is 1. The Morgan fingerprint density at radius 2 is 2.05 bits per heavy atom. The van der Waals surface area contributed by atoms with Crippen molar-refractivity contribution in [2.75, 3.05) is 0 Å². The average molecular weight is 314 g/mol. The van der Waals surface area contributed by atoms with Crippen LogP contribution >= 0.6 is 0 Å². The van der Waals surface area contributed by atoms with Gasteiger partial charge in [0.25, 0.3) is 5.69 Å². The van der Waals surface area contributed by atoms with Crippen molar-refractivity contribution >= 4 is 21.7 Å². The fraction of sp³-hybridized carbons (Fsp3) is 0.417. The summed E-state index contributed by atoms with van der Waals surface area (Å²) in [5, 5.41) is 19.9. The molecular weight excluding hydrogens is 300 g/mol. The van der Waals surface area contributed by atoms with Crippen molar-refractivity contribution in [2.24, 2.45) is 5.92 Å². The van der Waals surface area contributed by atoms with Gasteiger partial charge in [0.2, 0.25) is 10.0 Å². The molecule has 0 spiro atoms. The van der Waals surface area contributed by atoms with Crippen LogP contribution < -0.4 is 4.72 Å². The van der Waals surface area contributed by atoms with E-state index in [0.29, 0.717) is 12.8 Å². The highest BCUT2D eigenvalue weighted by Crippen LogP contribution is 2.33. The number of para-hydroxylation sites is 1. The van der Waals surface area contributed by atoms with Gasteiger partial charge in [0, 0.05) is 11.6 Å². The summed E-state index contributed by atoms with van der Waals surface area (Å²) in [5.41, 5.74) is -0.281. The molecule has 0 saturated heterocycles. The van der Waals surface area contributed by atoms with E-state index in [1.165, 1.54) is 24.3 Å². The van der Waals surface area contributed by atoms with Gasteiger partial charge in [-0.2, -0.15) is 0 Å². The molecule has 0 amide bonds. The second kappa shape index (κ2) is 5.78. The fourth-order valence-electron chi connectivity index (χ4n) is 2.03. The maximum absolute atomic E-state index is 12.0. The van der Waals surface area contributed by atoms with Crippen molar-refractivity contribution < 1.29 is 23.2 Å². The highest BCUT2D eigenvalue weighted by Gasteiger charge is 2.39. The third kappa shape index (κ3) is 3.99. The average Bonchev–Trinajstić information content (AvgIpc) is 3.19. The molecule has 114 valence electrons. The highest BCUT2D eigenvalue weighted by atomic mass is 32.2. The monoisotopic (exact) mass is 314 g/mol. The van der Waals surface area contributed by atoms with Crippen LogP contribution in [0.1, 0.15) is 18.4 Å². The molecule has 1 fully saturated rings. The molecule has 0 aliphatic heterocycles. The van der Waals surface area contributed by atoms with Gasteiger partial charge >= 0.3 is 5.97 Å². The Morgan fingerprint density at radius 1 is 1.43 bits per heavy atom. The van der Waals surface area contributed by atoms with Crippen LogP contribution in [0.15, 0.2) is 24.3 Å². The molecule has 1 unspecified atom stereocenters. The van der Waals surface area contributed by atoms with E-state index in [1.54, 1.807) is 0 Å². The minimum atomic E-state index is -3.98. The van der Waals surface area contributed by atoms with Crippen molar-refractivity contribution in [2.45, 2.75) is 24.6 Å². The molecule has 1 aliphatic rings. The molecule has 2 N–H and O–H groups in total. The minimum absolute atomic E-state index is 0.0231. The predicted octanol–water partition coefficient (Wildman–Crippen LogP) is 0.877. The zero-order valence-corrected chi connectivity index (χ0v) is 11.7. The lowest BCUT2D eigenvalue weighted by Crippen LogP contribution is -2.42. The van der Waals surface area contributed by atoms with Gasteiger partial charge in [-0.3, -0.25) is 14.9 Å². The van der Waals surface area contributed by atoms with Crippen LogP contribution in [0.4, 0.5) is 5.69 Å². The van der Waals surface area contributed by atoms with Crippen LogP contribution in [0.3, 0.4) is 0 Å². The molecule has 1 saturated carbocycles. The molecule has 0 heterocycles. The number of sulfonamides is 1. The molecule has 1 atom stereocenters. The van der Waals surface area contributed by atoms with Crippen molar-refractivity contribution in [3.8, 4) is 0 Å². The first-order chi connectivity index (χ1) is 9.80. The number of aliphatic carboxylic acids is 1. The zero-order chi connectivity index (χ0) is 15.6. The zero-order valence-electron chi connectivity index (χ0n) is 10.9.